The lowest BCUT2D eigenvalue weighted by Crippen LogP contribution is -2.48. The zero-order chi connectivity index (χ0) is 17.2. The molecule has 25 heavy (non-hydrogen) atoms. The van der Waals surface area contributed by atoms with Gasteiger partial charge < -0.3 is 20.1 Å². The first-order valence-corrected chi connectivity index (χ1v) is 8.37. The second-order valence-corrected chi connectivity index (χ2v) is 6.07. The maximum Gasteiger partial charge on any atom is 0.315 e. The van der Waals surface area contributed by atoms with Gasteiger partial charge in [0.25, 0.3) is 0 Å². The highest BCUT2D eigenvalue weighted by atomic mass is 16.6. The van der Waals surface area contributed by atoms with E-state index in [1.165, 1.54) is 0 Å². The highest BCUT2D eigenvalue weighted by Crippen LogP contribution is 2.34. The Morgan fingerprint density at radius 2 is 2.16 bits per heavy atom. The van der Waals surface area contributed by atoms with Crippen LogP contribution in [0.5, 0.6) is 0 Å². The quantitative estimate of drug-likeness (QED) is 0.830. The second-order valence-electron chi connectivity index (χ2n) is 6.07. The summed E-state index contributed by atoms with van der Waals surface area (Å²) in [5.41, 5.74) is 1.48. The number of carbonyl (C=O) groups is 1. The molecule has 4 heterocycles. The molecule has 0 unspecified atom stereocenters. The largest absolute Gasteiger partial charge is 0.371 e. The molecule has 4 rings (SSSR count). The second kappa shape index (κ2) is 6.77. The van der Waals surface area contributed by atoms with Crippen LogP contribution in [0.1, 0.15) is 13.0 Å². The molecule has 0 spiro atoms. The first-order chi connectivity index (χ1) is 12.3. The van der Waals surface area contributed by atoms with E-state index in [9.17, 15) is 4.79 Å². The van der Waals surface area contributed by atoms with Crippen LogP contribution in [0.2, 0.25) is 0 Å². The predicted octanol–water partition coefficient (Wildman–Crippen LogP) is 0.366. The van der Waals surface area contributed by atoms with Crippen molar-refractivity contribution in [2.45, 2.75) is 31.2 Å². The van der Waals surface area contributed by atoms with Crippen molar-refractivity contribution in [3.05, 3.63) is 30.6 Å². The Morgan fingerprint density at radius 3 is 2.96 bits per heavy atom. The van der Waals surface area contributed by atoms with Crippen LogP contribution in [0.4, 0.5) is 4.79 Å². The Balaban J connectivity index is 1.45. The number of aromatic nitrogens is 4. The van der Waals surface area contributed by atoms with Gasteiger partial charge in [-0.05, 0) is 19.1 Å². The Kier molecular flexibility index (Phi) is 4.33. The van der Waals surface area contributed by atoms with Crippen LogP contribution in [0.25, 0.3) is 11.4 Å². The Bertz CT molecular complexity index is 736. The summed E-state index contributed by atoms with van der Waals surface area (Å²) in [5.74, 6) is 0. The number of rotatable bonds is 4. The molecule has 2 N–H and O–H groups in total. The Labute approximate surface area is 144 Å². The number of urea groups is 1. The van der Waals surface area contributed by atoms with Gasteiger partial charge in [-0.15, -0.1) is 5.10 Å². The molecule has 0 aromatic carbocycles. The van der Waals surface area contributed by atoms with E-state index in [1.807, 2.05) is 31.3 Å². The summed E-state index contributed by atoms with van der Waals surface area (Å²) in [6.07, 6.45) is 3.23. The van der Waals surface area contributed by atoms with Crippen molar-refractivity contribution in [2.24, 2.45) is 0 Å². The Hall–Kier alpha value is -2.52. The Morgan fingerprint density at radius 1 is 1.28 bits per heavy atom. The molecule has 0 bridgehead atoms. The van der Waals surface area contributed by atoms with Crippen LogP contribution in [-0.2, 0) is 9.47 Å². The highest BCUT2D eigenvalue weighted by Gasteiger charge is 2.49. The summed E-state index contributed by atoms with van der Waals surface area (Å²) >= 11 is 0. The van der Waals surface area contributed by atoms with Crippen LogP contribution >= 0.6 is 0 Å². The van der Waals surface area contributed by atoms with Gasteiger partial charge in [-0.2, -0.15) is 0 Å². The standard InChI is InChI=1S/C16H20N6O3/c1-2-17-16(23)19-12-8-24-15-13(9-25-14(12)15)22-7-11(20-21-22)10-5-3-4-6-18-10/h3-7,12-15H,2,8-9H2,1H3,(H2,17,19,23)/t12-,13+,14-,15+/m1/s1. The van der Waals surface area contributed by atoms with Gasteiger partial charge in [0.1, 0.15) is 23.9 Å². The predicted molar refractivity (Wildman–Crippen MR) is 87.8 cm³/mol. The van der Waals surface area contributed by atoms with Crippen molar-refractivity contribution < 1.29 is 14.3 Å². The van der Waals surface area contributed by atoms with E-state index >= 15 is 0 Å². The normalized spacial score (nSPS) is 27.9. The van der Waals surface area contributed by atoms with Crippen LogP contribution in [0.3, 0.4) is 0 Å². The molecule has 2 aliphatic heterocycles. The van der Waals surface area contributed by atoms with Crippen molar-refractivity contribution in [2.75, 3.05) is 19.8 Å². The fraction of sp³-hybridized carbons (Fsp3) is 0.500. The number of pyridine rings is 1. The molecule has 2 fully saturated rings. The van der Waals surface area contributed by atoms with Crippen molar-refractivity contribution >= 4 is 6.03 Å². The third kappa shape index (κ3) is 3.08. The third-order valence-electron chi connectivity index (χ3n) is 4.46. The minimum Gasteiger partial charge on any atom is -0.371 e. The van der Waals surface area contributed by atoms with Crippen LogP contribution in [-0.4, -0.2) is 64.0 Å². The first kappa shape index (κ1) is 16.0. The van der Waals surface area contributed by atoms with Crippen molar-refractivity contribution in [1.82, 2.24) is 30.6 Å². The summed E-state index contributed by atoms with van der Waals surface area (Å²) in [6, 6.07) is 5.21. The summed E-state index contributed by atoms with van der Waals surface area (Å²) in [4.78, 5) is 16.0. The summed E-state index contributed by atoms with van der Waals surface area (Å²) in [5, 5.41) is 14.0. The number of hydrogen-bond acceptors (Lipinski definition) is 6. The molecule has 0 saturated carbocycles. The summed E-state index contributed by atoms with van der Waals surface area (Å²) < 4.78 is 13.5. The molecule has 0 radical (unpaired) electrons. The van der Waals surface area contributed by atoms with E-state index in [0.29, 0.717) is 25.5 Å². The summed E-state index contributed by atoms with van der Waals surface area (Å²) in [7, 11) is 0. The van der Waals surface area contributed by atoms with Gasteiger partial charge >= 0.3 is 6.03 Å². The van der Waals surface area contributed by atoms with E-state index < -0.39 is 0 Å². The molecule has 9 nitrogen and oxygen atoms in total. The molecule has 2 aliphatic rings. The topological polar surface area (TPSA) is 103 Å². The van der Waals surface area contributed by atoms with Gasteiger partial charge in [-0.25, -0.2) is 9.48 Å². The highest BCUT2D eigenvalue weighted by molar-refractivity contribution is 5.74. The maximum absolute atomic E-state index is 11.7. The minimum absolute atomic E-state index is 0.0731. The van der Waals surface area contributed by atoms with E-state index in [1.54, 1.807) is 10.9 Å². The lowest BCUT2D eigenvalue weighted by Gasteiger charge is -2.17. The van der Waals surface area contributed by atoms with Gasteiger partial charge in [0.2, 0.25) is 0 Å². The molecule has 2 aromatic heterocycles. The van der Waals surface area contributed by atoms with Crippen LogP contribution in [0.15, 0.2) is 30.6 Å². The van der Waals surface area contributed by atoms with E-state index in [0.717, 1.165) is 5.69 Å². The van der Waals surface area contributed by atoms with Crippen molar-refractivity contribution in [1.29, 1.82) is 0 Å². The van der Waals surface area contributed by atoms with Gasteiger partial charge in [-0.1, -0.05) is 11.3 Å². The molecular weight excluding hydrogens is 324 g/mol. The lowest BCUT2D eigenvalue weighted by molar-refractivity contribution is 0.0622. The van der Waals surface area contributed by atoms with Crippen molar-refractivity contribution in [3.8, 4) is 11.4 Å². The third-order valence-corrected chi connectivity index (χ3v) is 4.46. The number of nitrogens with zero attached hydrogens (tertiary/aromatic N) is 4. The van der Waals surface area contributed by atoms with E-state index in [2.05, 4.69) is 25.9 Å². The van der Waals surface area contributed by atoms with E-state index in [4.69, 9.17) is 9.47 Å². The molecular formula is C16H20N6O3. The number of fused-ring (bicyclic) bond motifs is 1. The smallest absolute Gasteiger partial charge is 0.315 e. The number of ether oxygens (including phenoxy) is 2. The maximum atomic E-state index is 11.7. The zero-order valence-electron chi connectivity index (χ0n) is 13.8. The van der Waals surface area contributed by atoms with Gasteiger partial charge in [-0.3, -0.25) is 4.98 Å². The molecule has 9 heteroatoms. The molecule has 0 aliphatic carbocycles. The molecule has 2 aromatic rings. The fourth-order valence-corrected chi connectivity index (χ4v) is 3.28. The molecule has 4 atom stereocenters. The SMILES string of the molecule is CCNC(=O)N[C@@H]1CO[C@@H]2[C@@H]1OC[C@@H]2n1cc(-c2ccccn2)nn1. The van der Waals surface area contributed by atoms with Crippen LogP contribution in [0, 0.1) is 0 Å². The first-order valence-electron chi connectivity index (χ1n) is 8.37. The number of carbonyl (C=O) groups excluding carboxylic acids is 1. The minimum atomic E-state index is -0.206. The van der Waals surface area contributed by atoms with Gasteiger partial charge in [0.05, 0.1) is 31.1 Å². The van der Waals surface area contributed by atoms with Crippen LogP contribution < -0.4 is 10.6 Å². The number of amides is 2. The molecule has 132 valence electrons. The summed E-state index contributed by atoms with van der Waals surface area (Å²) in [6.45, 7) is 3.34. The van der Waals surface area contributed by atoms with Gasteiger partial charge in [0, 0.05) is 12.7 Å². The van der Waals surface area contributed by atoms with Crippen molar-refractivity contribution in [3.63, 3.8) is 0 Å². The molecule has 2 saturated heterocycles. The average Bonchev–Trinajstić information content (AvgIpc) is 3.33. The number of hydrogen-bond donors (Lipinski definition) is 2. The van der Waals surface area contributed by atoms with Gasteiger partial charge in [0.15, 0.2) is 0 Å². The monoisotopic (exact) mass is 344 g/mol. The molecule has 2 amide bonds. The number of nitrogens with one attached hydrogen (secondary N) is 2. The van der Waals surface area contributed by atoms with E-state index in [-0.39, 0.29) is 30.3 Å². The average molecular weight is 344 g/mol. The fourth-order valence-electron chi connectivity index (χ4n) is 3.28. The lowest BCUT2D eigenvalue weighted by atomic mass is 10.1. The zero-order valence-corrected chi connectivity index (χ0v) is 13.8.